The second-order valence-corrected chi connectivity index (χ2v) is 3.48. The highest BCUT2D eigenvalue weighted by atomic mass is 16.7. The van der Waals surface area contributed by atoms with Crippen molar-refractivity contribution in [2.75, 3.05) is 21.3 Å². The molecule has 0 aromatic rings. The van der Waals surface area contributed by atoms with E-state index in [1.54, 1.807) is 28.1 Å². The molecular formula is C9H18O4. The van der Waals surface area contributed by atoms with Crippen LogP contribution in [0.2, 0.25) is 0 Å². The van der Waals surface area contributed by atoms with Gasteiger partial charge in [-0.3, -0.25) is 4.79 Å². The highest BCUT2D eigenvalue weighted by molar-refractivity contribution is 5.75. The average Bonchev–Trinajstić information content (AvgIpc) is 2.12. The van der Waals surface area contributed by atoms with Crippen molar-refractivity contribution in [3.8, 4) is 0 Å². The first-order valence-electron chi connectivity index (χ1n) is 4.12. The van der Waals surface area contributed by atoms with Crippen molar-refractivity contribution in [1.82, 2.24) is 0 Å². The predicted molar refractivity (Wildman–Crippen MR) is 48.2 cm³/mol. The third-order valence-electron chi connectivity index (χ3n) is 1.94. The van der Waals surface area contributed by atoms with Crippen LogP contribution in [0.15, 0.2) is 0 Å². The number of hydrogen-bond acceptors (Lipinski definition) is 4. The van der Waals surface area contributed by atoms with Crippen LogP contribution in [0, 0.1) is 5.41 Å². The van der Waals surface area contributed by atoms with Gasteiger partial charge in [0.2, 0.25) is 0 Å². The van der Waals surface area contributed by atoms with Gasteiger partial charge < -0.3 is 14.2 Å². The fourth-order valence-electron chi connectivity index (χ4n) is 1.04. The van der Waals surface area contributed by atoms with Crippen LogP contribution < -0.4 is 0 Å². The first-order chi connectivity index (χ1) is 5.97. The summed E-state index contributed by atoms with van der Waals surface area (Å²) in [4.78, 5) is 11.3. The van der Waals surface area contributed by atoms with E-state index in [1.165, 1.54) is 7.11 Å². The lowest BCUT2D eigenvalue weighted by Crippen LogP contribution is -2.31. The number of ether oxygens (including phenoxy) is 3. The van der Waals surface area contributed by atoms with Gasteiger partial charge in [-0.05, 0) is 13.8 Å². The van der Waals surface area contributed by atoms with Crippen molar-refractivity contribution < 1.29 is 19.0 Å². The SMILES string of the molecule is COC(=O)C(C)(C)CC(OC)OC. The maximum Gasteiger partial charge on any atom is 0.311 e. The van der Waals surface area contributed by atoms with Crippen LogP contribution in [0.3, 0.4) is 0 Å². The molecule has 0 saturated heterocycles. The Bertz CT molecular complexity index is 161. The molecule has 0 heterocycles. The molecule has 0 bridgehead atoms. The third kappa shape index (κ3) is 3.74. The minimum absolute atomic E-state index is 0.258. The van der Waals surface area contributed by atoms with E-state index in [9.17, 15) is 4.79 Å². The van der Waals surface area contributed by atoms with Gasteiger partial charge in [0.25, 0.3) is 0 Å². The van der Waals surface area contributed by atoms with Crippen molar-refractivity contribution in [3.05, 3.63) is 0 Å². The molecular weight excluding hydrogens is 172 g/mol. The molecule has 0 rings (SSSR count). The van der Waals surface area contributed by atoms with Crippen molar-refractivity contribution in [3.63, 3.8) is 0 Å². The van der Waals surface area contributed by atoms with Gasteiger partial charge in [0.1, 0.15) is 0 Å². The summed E-state index contributed by atoms with van der Waals surface area (Å²) in [5.41, 5.74) is -0.578. The molecule has 0 aliphatic carbocycles. The normalized spacial score (nSPS) is 11.8. The van der Waals surface area contributed by atoms with Crippen molar-refractivity contribution >= 4 is 5.97 Å². The topological polar surface area (TPSA) is 44.8 Å². The van der Waals surface area contributed by atoms with Crippen molar-refractivity contribution in [1.29, 1.82) is 0 Å². The highest BCUT2D eigenvalue weighted by Gasteiger charge is 2.32. The predicted octanol–water partition coefficient (Wildman–Crippen LogP) is 1.19. The van der Waals surface area contributed by atoms with E-state index in [-0.39, 0.29) is 12.3 Å². The molecule has 13 heavy (non-hydrogen) atoms. The van der Waals surface area contributed by atoms with Gasteiger partial charge in [0.05, 0.1) is 12.5 Å². The van der Waals surface area contributed by atoms with E-state index >= 15 is 0 Å². The lowest BCUT2D eigenvalue weighted by atomic mass is 9.89. The summed E-state index contributed by atoms with van der Waals surface area (Å²) in [5.74, 6) is -0.258. The molecule has 0 amide bonds. The first kappa shape index (κ1) is 12.4. The van der Waals surface area contributed by atoms with Gasteiger partial charge in [-0.25, -0.2) is 0 Å². The van der Waals surface area contributed by atoms with E-state index < -0.39 is 5.41 Å². The van der Waals surface area contributed by atoms with Crippen LogP contribution in [-0.2, 0) is 19.0 Å². The molecule has 4 heteroatoms. The van der Waals surface area contributed by atoms with Crippen LogP contribution in [0.1, 0.15) is 20.3 Å². The van der Waals surface area contributed by atoms with E-state index in [4.69, 9.17) is 9.47 Å². The summed E-state index contributed by atoms with van der Waals surface area (Å²) in [7, 11) is 4.46. The molecule has 0 N–H and O–H groups in total. The van der Waals surface area contributed by atoms with Gasteiger partial charge in [-0.1, -0.05) is 0 Å². The Labute approximate surface area is 79.2 Å². The fraction of sp³-hybridized carbons (Fsp3) is 0.889. The van der Waals surface area contributed by atoms with Crippen LogP contribution in [0.25, 0.3) is 0 Å². The Morgan fingerprint density at radius 2 is 1.69 bits per heavy atom. The van der Waals surface area contributed by atoms with Gasteiger partial charge in [-0.2, -0.15) is 0 Å². The Morgan fingerprint density at radius 1 is 1.23 bits per heavy atom. The van der Waals surface area contributed by atoms with Gasteiger partial charge >= 0.3 is 5.97 Å². The summed E-state index contributed by atoms with van der Waals surface area (Å²) >= 11 is 0. The lowest BCUT2D eigenvalue weighted by molar-refractivity contribution is -0.162. The standard InChI is InChI=1S/C9H18O4/c1-9(2,8(10)13-5)6-7(11-3)12-4/h7H,6H2,1-5H3. The Kier molecular flexibility index (Phi) is 4.95. The van der Waals surface area contributed by atoms with Crippen LogP contribution >= 0.6 is 0 Å². The van der Waals surface area contributed by atoms with Gasteiger partial charge in [0, 0.05) is 20.6 Å². The zero-order valence-corrected chi connectivity index (χ0v) is 8.92. The maximum absolute atomic E-state index is 11.3. The van der Waals surface area contributed by atoms with Crippen LogP contribution in [-0.4, -0.2) is 33.6 Å². The average molecular weight is 190 g/mol. The van der Waals surface area contributed by atoms with Gasteiger partial charge in [0.15, 0.2) is 6.29 Å². The number of carbonyl (C=O) groups excluding carboxylic acids is 1. The monoisotopic (exact) mass is 190 g/mol. The number of rotatable bonds is 5. The quantitative estimate of drug-likeness (QED) is 0.482. The minimum Gasteiger partial charge on any atom is -0.469 e. The molecule has 0 aromatic heterocycles. The Morgan fingerprint density at radius 3 is 2.00 bits per heavy atom. The largest absolute Gasteiger partial charge is 0.469 e. The molecule has 0 saturated carbocycles. The number of hydrogen-bond donors (Lipinski definition) is 0. The minimum atomic E-state index is -0.578. The van der Waals surface area contributed by atoms with E-state index in [0.717, 1.165) is 0 Å². The highest BCUT2D eigenvalue weighted by Crippen LogP contribution is 2.25. The van der Waals surface area contributed by atoms with Crippen LogP contribution in [0.4, 0.5) is 0 Å². The smallest absolute Gasteiger partial charge is 0.311 e. The fourth-order valence-corrected chi connectivity index (χ4v) is 1.04. The molecule has 4 nitrogen and oxygen atoms in total. The molecule has 0 atom stereocenters. The summed E-state index contributed by atoms with van der Waals surface area (Å²) in [6.45, 7) is 3.59. The van der Waals surface area contributed by atoms with Crippen LogP contribution in [0.5, 0.6) is 0 Å². The van der Waals surface area contributed by atoms with E-state index in [0.29, 0.717) is 6.42 Å². The summed E-state index contributed by atoms with van der Waals surface area (Å²) in [5, 5.41) is 0. The second kappa shape index (κ2) is 5.19. The summed E-state index contributed by atoms with van der Waals surface area (Å²) < 4.78 is 14.7. The maximum atomic E-state index is 11.3. The third-order valence-corrected chi connectivity index (χ3v) is 1.94. The van der Waals surface area contributed by atoms with E-state index in [2.05, 4.69) is 4.74 Å². The van der Waals surface area contributed by atoms with Gasteiger partial charge in [-0.15, -0.1) is 0 Å². The zero-order valence-electron chi connectivity index (χ0n) is 8.92. The first-order valence-corrected chi connectivity index (χ1v) is 4.12. The van der Waals surface area contributed by atoms with Crippen molar-refractivity contribution in [2.24, 2.45) is 5.41 Å². The summed E-state index contributed by atoms with van der Waals surface area (Å²) in [6.07, 6.45) is 0.112. The molecule has 0 aromatic carbocycles. The molecule has 0 spiro atoms. The molecule has 0 aliphatic heterocycles. The Balaban J connectivity index is 4.21. The second-order valence-electron chi connectivity index (χ2n) is 3.48. The number of esters is 1. The number of methoxy groups -OCH3 is 3. The molecule has 0 aliphatic rings. The molecule has 78 valence electrons. The van der Waals surface area contributed by atoms with Crippen molar-refractivity contribution in [2.45, 2.75) is 26.6 Å². The Hall–Kier alpha value is -0.610. The molecule has 0 unspecified atom stereocenters. The summed E-state index contributed by atoms with van der Waals surface area (Å²) in [6, 6.07) is 0. The molecule has 0 radical (unpaired) electrons. The lowest BCUT2D eigenvalue weighted by Gasteiger charge is -2.25. The number of carbonyl (C=O) groups is 1. The van der Waals surface area contributed by atoms with E-state index in [1.807, 2.05) is 0 Å². The molecule has 0 fully saturated rings. The zero-order chi connectivity index (χ0) is 10.5.